The van der Waals surface area contributed by atoms with Gasteiger partial charge in [0.15, 0.2) is 0 Å². The highest BCUT2D eigenvalue weighted by atomic mass is 16.2. The minimum Gasteiger partial charge on any atom is -0.368 e. The fourth-order valence-corrected chi connectivity index (χ4v) is 2.75. The van der Waals surface area contributed by atoms with E-state index in [-0.39, 0.29) is 12.5 Å². The first-order valence-corrected chi connectivity index (χ1v) is 8.19. The van der Waals surface area contributed by atoms with Crippen LogP contribution in [0.15, 0.2) is 59.6 Å². The summed E-state index contributed by atoms with van der Waals surface area (Å²) in [5.74, 6) is 0.0562. The molecule has 1 aliphatic rings. The lowest BCUT2D eigenvalue weighted by atomic mass is 10.1. The van der Waals surface area contributed by atoms with E-state index in [1.165, 1.54) is 0 Å². The molecular weight excluding hydrogens is 316 g/mol. The van der Waals surface area contributed by atoms with Gasteiger partial charge in [-0.1, -0.05) is 30.3 Å². The third-order valence-corrected chi connectivity index (χ3v) is 3.95. The molecule has 3 N–H and O–H groups in total. The van der Waals surface area contributed by atoms with Gasteiger partial charge in [0.25, 0.3) is 5.91 Å². The number of anilines is 1. The van der Waals surface area contributed by atoms with Gasteiger partial charge in [-0.3, -0.25) is 14.6 Å². The van der Waals surface area contributed by atoms with E-state index < -0.39 is 5.91 Å². The summed E-state index contributed by atoms with van der Waals surface area (Å²) in [6.07, 6.45) is 0.983. The lowest BCUT2D eigenvalue weighted by Crippen LogP contribution is -2.36. The van der Waals surface area contributed by atoms with Gasteiger partial charge in [0.1, 0.15) is 5.84 Å². The summed E-state index contributed by atoms with van der Waals surface area (Å²) in [5, 5.41) is 2.48. The van der Waals surface area contributed by atoms with Crippen molar-refractivity contribution in [1.82, 2.24) is 5.32 Å². The second kappa shape index (κ2) is 7.61. The Morgan fingerprint density at radius 1 is 1.08 bits per heavy atom. The normalized spacial score (nSPS) is 13.9. The number of amides is 2. The molecule has 0 saturated heterocycles. The highest BCUT2D eigenvalue weighted by Crippen LogP contribution is 2.21. The molecule has 0 bridgehead atoms. The third kappa shape index (κ3) is 4.03. The summed E-state index contributed by atoms with van der Waals surface area (Å²) in [6, 6.07) is 17.3. The number of amidine groups is 1. The number of rotatable bonds is 5. The van der Waals surface area contributed by atoms with Crippen molar-refractivity contribution >= 4 is 23.3 Å². The molecular formula is C19H20N4O2. The Balaban J connectivity index is 1.79. The third-order valence-electron chi connectivity index (χ3n) is 3.95. The molecule has 1 aliphatic heterocycles. The van der Waals surface area contributed by atoms with Crippen LogP contribution in [-0.2, 0) is 4.79 Å². The number of primary amides is 1. The van der Waals surface area contributed by atoms with Gasteiger partial charge in [0.2, 0.25) is 5.91 Å². The molecule has 0 fully saturated rings. The Morgan fingerprint density at radius 3 is 2.48 bits per heavy atom. The van der Waals surface area contributed by atoms with Crippen LogP contribution >= 0.6 is 0 Å². The minimum atomic E-state index is -0.568. The van der Waals surface area contributed by atoms with E-state index in [0.29, 0.717) is 5.56 Å². The van der Waals surface area contributed by atoms with Crippen molar-refractivity contribution < 1.29 is 9.59 Å². The van der Waals surface area contributed by atoms with Crippen molar-refractivity contribution in [3.63, 3.8) is 0 Å². The first-order chi connectivity index (χ1) is 12.1. The molecule has 2 aromatic rings. The van der Waals surface area contributed by atoms with Crippen LogP contribution in [0.5, 0.6) is 0 Å². The van der Waals surface area contributed by atoms with Gasteiger partial charge in [-0.05, 0) is 30.7 Å². The van der Waals surface area contributed by atoms with Gasteiger partial charge in [-0.25, -0.2) is 0 Å². The average Bonchev–Trinajstić information content (AvgIpc) is 2.67. The van der Waals surface area contributed by atoms with Gasteiger partial charge in [0.05, 0.1) is 6.54 Å². The van der Waals surface area contributed by atoms with Crippen LogP contribution in [0.25, 0.3) is 0 Å². The summed E-state index contributed by atoms with van der Waals surface area (Å²) in [7, 11) is 0. The Hall–Kier alpha value is -3.15. The van der Waals surface area contributed by atoms with Crippen molar-refractivity contribution in [3.8, 4) is 0 Å². The van der Waals surface area contributed by atoms with E-state index in [2.05, 4.69) is 15.2 Å². The van der Waals surface area contributed by atoms with E-state index >= 15 is 0 Å². The monoisotopic (exact) mass is 336 g/mol. The van der Waals surface area contributed by atoms with E-state index in [9.17, 15) is 9.59 Å². The van der Waals surface area contributed by atoms with E-state index in [0.717, 1.165) is 36.6 Å². The molecule has 0 saturated carbocycles. The number of hydrogen-bond acceptors (Lipinski definition) is 4. The molecule has 3 rings (SSSR count). The van der Waals surface area contributed by atoms with Crippen LogP contribution in [0.4, 0.5) is 5.69 Å². The molecule has 2 aromatic carbocycles. The molecule has 25 heavy (non-hydrogen) atoms. The predicted octanol–water partition coefficient (Wildman–Crippen LogP) is 1.56. The molecule has 6 nitrogen and oxygen atoms in total. The summed E-state index contributed by atoms with van der Waals surface area (Å²) >= 11 is 0. The molecule has 1 heterocycles. The largest absolute Gasteiger partial charge is 0.368 e. The number of nitrogens with one attached hydrogen (secondary N) is 1. The molecule has 0 radical (unpaired) electrons. The van der Waals surface area contributed by atoms with Crippen LogP contribution in [-0.4, -0.2) is 37.3 Å². The van der Waals surface area contributed by atoms with Gasteiger partial charge >= 0.3 is 0 Å². The number of carbonyl (C=O) groups is 2. The van der Waals surface area contributed by atoms with E-state index in [4.69, 9.17) is 5.73 Å². The van der Waals surface area contributed by atoms with E-state index in [1.54, 1.807) is 12.1 Å². The average molecular weight is 336 g/mol. The zero-order chi connectivity index (χ0) is 17.6. The molecule has 0 aromatic heterocycles. The molecule has 2 amide bonds. The highest BCUT2D eigenvalue weighted by Gasteiger charge is 2.19. The van der Waals surface area contributed by atoms with Crippen LogP contribution in [0, 0.1) is 0 Å². The Kier molecular flexibility index (Phi) is 5.09. The van der Waals surface area contributed by atoms with Gasteiger partial charge < -0.3 is 16.0 Å². The highest BCUT2D eigenvalue weighted by molar-refractivity contribution is 6.10. The lowest BCUT2D eigenvalue weighted by Gasteiger charge is -2.29. The van der Waals surface area contributed by atoms with Crippen LogP contribution in [0.3, 0.4) is 0 Å². The predicted molar refractivity (Wildman–Crippen MR) is 97.8 cm³/mol. The maximum absolute atomic E-state index is 12.0. The second-order valence-corrected chi connectivity index (χ2v) is 5.77. The number of carbonyl (C=O) groups excluding carboxylic acids is 2. The summed E-state index contributed by atoms with van der Waals surface area (Å²) in [6.45, 7) is 1.52. The van der Waals surface area contributed by atoms with Crippen LogP contribution < -0.4 is 16.0 Å². The number of aliphatic imine (C=N–C) groups is 1. The second-order valence-electron chi connectivity index (χ2n) is 5.77. The molecule has 0 atom stereocenters. The number of hydrogen-bond donors (Lipinski definition) is 2. The topological polar surface area (TPSA) is 87.8 Å². The van der Waals surface area contributed by atoms with Crippen molar-refractivity contribution in [3.05, 3.63) is 65.7 Å². The number of benzene rings is 2. The Bertz CT molecular complexity index is 785. The van der Waals surface area contributed by atoms with Crippen LogP contribution in [0.2, 0.25) is 0 Å². The van der Waals surface area contributed by atoms with Gasteiger partial charge in [-0.15, -0.1) is 0 Å². The minimum absolute atomic E-state index is 0.169. The van der Waals surface area contributed by atoms with Crippen molar-refractivity contribution in [1.29, 1.82) is 0 Å². The molecule has 0 spiro atoms. The zero-order valence-electron chi connectivity index (χ0n) is 13.8. The standard InChI is InChI=1S/C19H20N4O2/c20-17(24)13-22-19(25)15-7-9-16(10-8-15)23-12-4-11-21-18(23)14-5-2-1-3-6-14/h1-3,5-10H,4,11-13H2,(H2,20,24)(H,22,25). The van der Waals surface area contributed by atoms with E-state index in [1.807, 2.05) is 42.5 Å². The Morgan fingerprint density at radius 2 is 1.80 bits per heavy atom. The van der Waals surface area contributed by atoms with Crippen molar-refractivity contribution in [2.24, 2.45) is 10.7 Å². The SMILES string of the molecule is NC(=O)CNC(=O)c1ccc(N2CCCN=C2c2ccccc2)cc1. The quantitative estimate of drug-likeness (QED) is 0.868. The Labute approximate surface area is 146 Å². The molecule has 128 valence electrons. The van der Waals surface area contributed by atoms with Gasteiger partial charge in [0, 0.05) is 29.9 Å². The smallest absolute Gasteiger partial charge is 0.251 e. The zero-order valence-corrected chi connectivity index (χ0v) is 13.8. The fourth-order valence-electron chi connectivity index (χ4n) is 2.75. The summed E-state index contributed by atoms with van der Waals surface area (Å²) in [4.78, 5) is 29.6. The summed E-state index contributed by atoms with van der Waals surface area (Å²) < 4.78 is 0. The van der Waals surface area contributed by atoms with Gasteiger partial charge in [-0.2, -0.15) is 0 Å². The van der Waals surface area contributed by atoms with Crippen molar-refractivity contribution in [2.45, 2.75) is 6.42 Å². The van der Waals surface area contributed by atoms with Crippen LogP contribution in [0.1, 0.15) is 22.3 Å². The fraction of sp³-hybridized carbons (Fsp3) is 0.211. The molecule has 0 aliphatic carbocycles. The lowest BCUT2D eigenvalue weighted by molar-refractivity contribution is -0.117. The number of nitrogens with two attached hydrogens (primary N) is 1. The maximum Gasteiger partial charge on any atom is 0.251 e. The first-order valence-electron chi connectivity index (χ1n) is 8.19. The van der Waals surface area contributed by atoms with Crippen molar-refractivity contribution in [2.75, 3.05) is 24.5 Å². The maximum atomic E-state index is 12.0. The molecule has 6 heteroatoms. The molecule has 0 unspecified atom stereocenters. The summed E-state index contributed by atoms with van der Waals surface area (Å²) in [5.41, 5.74) is 7.58. The number of nitrogens with zero attached hydrogens (tertiary/aromatic N) is 2. The first kappa shape index (κ1) is 16.7.